The van der Waals surface area contributed by atoms with Crippen molar-refractivity contribution in [2.75, 3.05) is 12.4 Å². The maximum atomic E-state index is 12.3. The number of hydrogen-bond acceptors (Lipinski definition) is 6. The summed E-state index contributed by atoms with van der Waals surface area (Å²) in [4.78, 5) is 40.4. The zero-order valence-corrected chi connectivity index (χ0v) is 16.9. The molecule has 1 atom stereocenters. The van der Waals surface area contributed by atoms with Gasteiger partial charge < -0.3 is 15.4 Å². The summed E-state index contributed by atoms with van der Waals surface area (Å²) in [7, 11) is 1.60. The fourth-order valence-corrected chi connectivity index (χ4v) is 3.77. The third-order valence-electron chi connectivity index (χ3n) is 4.29. The lowest BCUT2D eigenvalue weighted by atomic mass is 10.1. The van der Waals surface area contributed by atoms with Crippen LogP contribution in [0, 0.1) is 0 Å². The van der Waals surface area contributed by atoms with Gasteiger partial charge in [-0.2, -0.15) is 0 Å². The molecule has 0 aromatic heterocycles. The minimum absolute atomic E-state index is 0.00841. The third-order valence-corrected chi connectivity index (χ3v) is 5.41. The number of rotatable bonds is 7. The molecule has 0 spiro atoms. The summed E-state index contributed by atoms with van der Waals surface area (Å²) in [6.07, 6.45) is 0.00841. The average molecular weight is 411 g/mol. The number of amides is 2. The largest absolute Gasteiger partial charge is 0.496 e. The van der Waals surface area contributed by atoms with Crippen molar-refractivity contribution in [2.24, 2.45) is 4.99 Å². The first-order chi connectivity index (χ1) is 14.0. The molecule has 0 bridgehead atoms. The van der Waals surface area contributed by atoms with Crippen LogP contribution in [0.15, 0.2) is 53.5 Å². The average Bonchev–Trinajstić information content (AvgIpc) is 3.05. The first-order valence-electron chi connectivity index (χ1n) is 9.01. The van der Waals surface area contributed by atoms with Crippen molar-refractivity contribution in [3.63, 3.8) is 0 Å². The summed E-state index contributed by atoms with van der Waals surface area (Å²) in [5.74, 6) is 0.100. The van der Waals surface area contributed by atoms with Gasteiger partial charge >= 0.3 is 0 Å². The van der Waals surface area contributed by atoms with E-state index in [-0.39, 0.29) is 24.0 Å². The van der Waals surface area contributed by atoms with Crippen LogP contribution in [0.3, 0.4) is 0 Å². The molecule has 3 rings (SSSR count). The topological polar surface area (TPSA) is 96.9 Å². The Labute approximate surface area is 172 Å². The minimum atomic E-state index is -0.553. The Hall–Kier alpha value is -3.13. The number of amidine groups is 1. The molecule has 8 heteroatoms. The van der Waals surface area contributed by atoms with E-state index in [1.54, 1.807) is 31.4 Å². The molecule has 1 saturated heterocycles. The Morgan fingerprint density at radius 2 is 2.00 bits per heavy atom. The number of para-hydroxylation sites is 1. The van der Waals surface area contributed by atoms with Gasteiger partial charge in [-0.3, -0.25) is 19.4 Å². The van der Waals surface area contributed by atoms with Crippen LogP contribution < -0.4 is 15.4 Å². The Balaban J connectivity index is 1.58. The quantitative estimate of drug-likeness (QED) is 0.683. The van der Waals surface area contributed by atoms with Gasteiger partial charge in [-0.25, -0.2) is 0 Å². The summed E-state index contributed by atoms with van der Waals surface area (Å²) in [5.41, 5.74) is 1.95. The van der Waals surface area contributed by atoms with Crippen LogP contribution in [-0.2, 0) is 16.1 Å². The summed E-state index contributed by atoms with van der Waals surface area (Å²) in [6.45, 7) is 1.83. The van der Waals surface area contributed by atoms with Crippen LogP contribution in [0.2, 0.25) is 0 Å². The van der Waals surface area contributed by atoms with E-state index in [9.17, 15) is 14.4 Å². The number of methoxy groups -OCH3 is 1. The number of carbonyl (C=O) groups is 3. The lowest BCUT2D eigenvalue weighted by Gasteiger charge is -2.08. The molecule has 1 aliphatic heterocycles. The standard InChI is InChI=1S/C21H21N3O4S/c1-13(25)14-7-5-8-16(10-14)23-19(26)11-18-20(27)24-21(29-18)22-12-15-6-3-4-9-17(15)28-2/h3-10,18H,11-12H2,1-2H3,(H,23,26)(H,22,24,27)/t18-/m1/s1. The van der Waals surface area contributed by atoms with Crippen molar-refractivity contribution in [3.8, 4) is 5.75 Å². The van der Waals surface area contributed by atoms with E-state index < -0.39 is 5.25 Å². The number of thioether (sulfide) groups is 1. The first-order valence-corrected chi connectivity index (χ1v) is 9.89. The van der Waals surface area contributed by atoms with Gasteiger partial charge in [-0.1, -0.05) is 42.1 Å². The second-order valence-corrected chi connectivity index (χ2v) is 7.61. The van der Waals surface area contributed by atoms with E-state index in [2.05, 4.69) is 15.6 Å². The number of hydrogen-bond donors (Lipinski definition) is 2. The molecule has 2 amide bonds. The van der Waals surface area contributed by atoms with Gasteiger partial charge in [0, 0.05) is 23.2 Å². The van der Waals surface area contributed by atoms with E-state index in [1.807, 2.05) is 24.3 Å². The van der Waals surface area contributed by atoms with Crippen LogP contribution in [0.5, 0.6) is 5.75 Å². The summed E-state index contributed by atoms with van der Waals surface area (Å²) < 4.78 is 5.30. The van der Waals surface area contributed by atoms with Gasteiger partial charge in [-0.05, 0) is 25.1 Å². The van der Waals surface area contributed by atoms with E-state index in [4.69, 9.17) is 4.74 Å². The summed E-state index contributed by atoms with van der Waals surface area (Å²) in [6, 6.07) is 14.2. The van der Waals surface area contributed by atoms with Crippen LogP contribution in [0.25, 0.3) is 0 Å². The fourth-order valence-electron chi connectivity index (χ4n) is 2.80. The first kappa shape index (κ1) is 20.6. The van der Waals surface area contributed by atoms with Crippen LogP contribution in [0.4, 0.5) is 5.69 Å². The maximum absolute atomic E-state index is 12.3. The van der Waals surface area contributed by atoms with E-state index >= 15 is 0 Å². The Bertz CT molecular complexity index is 974. The Kier molecular flexibility index (Phi) is 6.66. The van der Waals surface area contributed by atoms with Crippen molar-refractivity contribution in [3.05, 3.63) is 59.7 Å². The van der Waals surface area contributed by atoms with Gasteiger partial charge in [0.15, 0.2) is 11.0 Å². The van der Waals surface area contributed by atoms with Crippen LogP contribution in [-0.4, -0.2) is 35.1 Å². The molecule has 1 aliphatic rings. The summed E-state index contributed by atoms with van der Waals surface area (Å²) in [5, 5.41) is 5.38. The molecule has 0 unspecified atom stereocenters. The highest BCUT2D eigenvalue weighted by molar-refractivity contribution is 8.15. The molecular formula is C21H21N3O4S. The third kappa shape index (κ3) is 5.45. The maximum Gasteiger partial charge on any atom is 0.240 e. The molecule has 29 heavy (non-hydrogen) atoms. The zero-order chi connectivity index (χ0) is 20.8. The van der Waals surface area contributed by atoms with Gasteiger partial charge in [0.2, 0.25) is 11.8 Å². The van der Waals surface area contributed by atoms with E-state index in [0.717, 1.165) is 11.3 Å². The Morgan fingerprint density at radius 1 is 1.21 bits per heavy atom. The molecule has 1 heterocycles. The number of ether oxygens (including phenoxy) is 1. The molecule has 0 aliphatic carbocycles. The van der Waals surface area contributed by atoms with Crippen molar-refractivity contribution in [1.29, 1.82) is 0 Å². The molecule has 7 nitrogen and oxygen atoms in total. The van der Waals surface area contributed by atoms with E-state index in [0.29, 0.717) is 23.0 Å². The number of carbonyl (C=O) groups excluding carboxylic acids is 3. The molecule has 0 saturated carbocycles. The number of Topliss-reactive ketones (excluding diaryl/α,β-unsaturated/α-hetero) is 1. The predicted molar refractivity (Wildman–Crippen MR) is 113 cm³/mol. The Morgan fingerprint density at radius 3 is 2.76 bits per heavy atom. The molecule has 2 aromatic carbocycles. The second kappa shape index (κ2) is 9.38. The highest BCUT2D eigenvalue weighted by Gasteiger charge is 2.32. The molecule has 2 N–H and O–H groups in total. The van der Waals surface area contributed by atoms with Crippen LogP contribution >= 0.6 is 11.8 Å². The highest BCUT2D eigenvalue weighted by Crippen LogP contribution is 2.25. The lowest BCUT2D eigenvalue weighted by molar-refractivity contribution is -0.122. The molecule has 2 aromatic rings. The number of nitrogens with zero attached hydrogens (tertiary/aromatic N) is 1. The smallest absolute Gasteiger partial charge is 0.240 e. The predicted octanol–water partition coefficient (Wildman–Crippen LogP) is 3.01. The molecule has 0 radical (unpaired) electrons. The second-order valence-electron chi connectivity index (χ2n) is 6.42. The van der Waals surface area contributed by atoms with Crippen molar-refractivity contribution >= 4 is 40.2 Å². The summed E-state index contributed by atoms with van der Waals surface area (Å²) >= 11 is 1.23. The molecule has 1 fully saturated rings. The van der Waals surface area contributed by atoms with Crippen molar-refractivity contribution < 1.29 is 19.1 Å². The number of aliphatic imine (C=N–C) groups is 1. The zero-order valence-electron chi connectivity index (χ0n) is 16.1. The number of ketones is 1. The molecule has 150 valence electrons. The molecular weight excluding hydrogens is 390 g/mol. The number of nitrogens with one attached hydrogen (secondary N) is 2. The van der Waals surface area contributed by atoms with Gasteiger partial charge in [-0.15, -0.1) is 0 Å². The fraction of sp³-hybridized carbons (Fsp3) is 0.238. The lowest BCUT2D eigenvalue weighted by Crippen LogP contribution is -2.28. The van der Waals surface area contributed by atoms with Crippen molar-refractivity contribution in [2.45, 2.75) is 25.1 Å². The number of anilines is 1. The SMILES string of the molecule is COc1ccccc1CN=C1NC(=O)[C@@H](CC(=O)Nc2cccc(C(C)=O)c2)S1. The minimum Gasteiger partial charge on any atom is -0.496 e. The normalized spacial score (nSPS) is 17.1. The monoisotopic (exact) mass is 411 g/mol. The van der Waals surface area contributed by atoms with E-state index in [1.165, 1.54) is 18.7 Å². The number of benzene rings is 2. The van der Waals surface area contributed by atoms with Crippen molar-refractivity contribution in [1.82, 2.24) is 5.32 Å². The van der Waals surface area contributed by atoms with Gasteiger partial charge in [0.1, 0.15) is 11.0 Å². The highest BCUT2D eigenvalue weighted by atomic mass is 32.2. The van der Waals surface area contributed by atoms with Gasteiger partial charge in [0.05, 0.1) is 13.7 Å². The van der Waals surface area contributed by atoms with Gasteiger partial charge in [0.25, 0.3) is 0 Å². The van der Waals surface area contributed by atoms with Crippen LogP contribution in [0.1, 0.15) is 29.3 Å².